The van der Waals surface area contributed by atoms with Gasteiger partial charge in [0.05, 0.1) is 16.3 Å². The van der Waals surface area contributed by atoms with Crippen LogP contribution in [0.1, 0.15) is 23.8 Å². The van der Waals surface area contributed by atoms with Crippen molar-refractivity contribution in [2.75, 3.05) is 6.54 Å². The highest BCUT2D eigenvalue weighted by molar-refractivity contribution is 7.18. The average Bonchev–Trinajstić information content (AvgIpc) is 3.07. The van der Waals surface area contributed by atoms with Crippen LogP contribution in [0.15, 0.2) is 35.2 Å². The van der Waals surface area contributed by atoms with Gasteiger partial charge >= 0.3 is 0 Å². The predicted octanol–water partition coefficient (Wildman–Crippen LogP) is 2.57. The first kappa shape index (κ1) is 12.3. The van der Waals surface area contributed by atoms with E-state index in [1.54, 1.807) is 11.3 Å². The molecule has 98 valence electrons. The summed E-state index contributed by atoms with van der Waals surface area (Å²) >= 11 is 1.73. The lowest BCUT2D eigenvalue weighted by molar-refractivity contribution is 0.408. The monoisotopic (exact) mass is 274 g/mol. The van der Waals surface area contributed by atoms with Gasteiger partial charge in [-0.1, -0.05) is 17.3 Å². The number of fused-ring (bicyclic) bond motifs is 1. The topological polar surface area (TPSA) is 63.8 Å². The summed E-state index contributed by atoms with van der Waals surface area (Å²) in [6.45, 7) is 2.92. The Hall–Kier alpha value is -1.79. The quantitative estimate of drug-likeness (QED) is 0.774. The fraction of sp³-hybridized carbons (Fsp3) is 0.308. The lowest BCUT2D eigenvalue weighted by atomic mass is 10.3. The van der Waals surface area contributed by atoms with Gasteiger partial charge < -0.3 is 9.84 Å². The standard InChI is InChI=1S/C13H14N4OS/c1-9(14-7-6-12-15-8-18-17-12)13-16-10-4-2-3-5-11(10)19-13/h2-5,8-9,14H,6-7H2,1H3. The van der Waals surface area contributed by atoms with Gasteiger partial charge in [-0.25, -0.2) is 4.98 Å². The maximum Gasteiger partial charge on any atom is 0.213 e. The molecule has 0 aliphatic rings. The maximum atomic E-state index is 4.70. The molecule has 3 aromatic rings. The van der Waals surface area contributed by atoms with Crippen molar-refractivity contribution in [2.24, 2.45) is 0 Å². The number of rotatable bonds is 5. The number of hydrogen-bond acceptors (Lipinski definition) is 6. The lowest BCUT2D eigenvalue weighted by Crippen LogP contribution is -2.21. The zero-order valence-electron chi connectivity index (χ0n) is 10.5. The second-order valence-electron chi connectivity index (χ2n) is 4.29. The molecule has 5 nitrogen and oxygen atoms in total. The first-order valence-corrected chi connectivity index (χ1v) is 6.98. The molecule has 0 fully saturated rings. The number of aromatic nitrogens is 3. The summed E-state index contributed by atoms with van der Waals surface area (Å²) < 4.78 is 5.92. The average molecular weight is 274 g/mol. The molecule has 0 bridgehead atoms. The third-order valence-electron chi connectivity index (χ3n) is 2.89. The highest BCUT2D eigenvalue weighted by atomic mass is 32.1. The van der Waals surface area contributed by atoms with Gasteiger partial charge in [-0.3, -0.25) is 0 Å². The van der Waals surface area contributed by atoms with E-state index in [1.165, 1.54) is 11.1 Å². The molecule has 6 heteroatoms. The third-order valence-corrected chi connectivity index (χ3v) is 4.11. The molecule has 19 heavy (non-hydrogen) atoms. The molecule has 0 radical (unpaired) electrons. The first-order chi connectivity index (χ1) is 9.33. The summed E-state index contributed by atoms with van der Waals surface area (Å²) in [6, 6.07) is 8.42. The number of thiazole rings is 1. The number of nitrogens with one attached hydrogen (secondary N) is 1. The van der Waals surface area contributed by atoms with Gasteiger partial charge in [0, 0.05) is 13.0 Å². The normalized spacial score (nSPS) is 12.9. The molecular weight excluding hydrogens is 260 g/mol. The fourth-order valence-electron chi connectivity index (χ4n) is 1.87. The largest absolute Gasteiger partial charge is 0.343 e. The van der Waals surface area contributed by atoms with E-state index >= 15 is 0 Å². The second kappa shape index (κ2) is 5.46. The Morgan fingerprint density at radius 3 is 3.05 bits per heavy atom. The SMILES string of the molecule is CC(NCCc1ncon1)c1nc2ccccc2s1. The highest BCUT2D eigenvalue weighted by Crippen LogP contribution is 2.25. The van der Waals surface area contributed by atoms with Crippen LogP contribution in [0.2, 0.25) is 0 Å². The van der Waals surface area contributed by atoms with E-state index in [4.69, 9.17) is 4.52 Å². The lowest BCUT2D eigenvalue weighted by Gasteiger charge is -2.09. The van der Waals surface area contributed by atoms with Crippen LogP contribution in [-0.2, 0) is 6.42 Å². The number of hydrogen-bond donors (Lipinski definition) is 1. The van der Waals surface area contributed by atoms with Gasteiger partial charge in [0.2, 0.25) is 6.39 Å². The van der Waals surface area contributed by atoms with Crippen LogP contribution in [0.3, 0.4) is 0 Å². The van der Waals surface area contributed by atoms with Crippen molar-refractivity contribution in [3.05, 3.63) is 41.5 Å². The van der Waals surface area contributed by atoms with Gasteiger partial charge in [0.25, 0.3) is 0 Å². The third kappa shape index (κ3) is 2.80. The minimum atomic E-state index is 0.226. The second-order valence-corrected chi connectivity index (χ2v) is 5.36. The van der Waals surface area contributed by atoms with Crippen LogP contribution >= 0.6 is 11.3 Å². The molecule has 0 saturated carbocycles. The Morgan fingerprint density at radius 2 is 2.26 bits per heavy atom. The molecule has 0 aliphatic carbocycles. The van der Waals surface area contributed by atoms with E-state index in [1.807, 2.05) is 18.2 Å². The van der Waals surface area contributed by atoms with Crippen LogP contribution in [0.4, 0.5) is 0 Å². The molecule has 0 aliphatic heterocycles. The molecule has 0 saturated heterocycles. The van der Waals surface area contributed by atoms with Crippen molar-refractivity contribution in [3.8, 4) is 0 Å². The van der Waals surface area contributed by atoms with Crippen LogP contribution in [-0.4, -0.2) is 21.7 Å². The highest BCUT2D eigenvalue weighted by Gasteiger charge is 2.10. The summed E-state index contributed by atoms with van der Waals surface area (Å²) in [5.41, 5.74) is 1.06. The van der Waals surface area contributed by atoms with E-state index in [2.05, 4.69) is 33.4 Å². The zero-order valence-corrected chi connectivity index (χ0v) is 11.4. The van der Waals surface area contributed by atoms with Gasteiger partial charge in [0.1, 0.15) is 5.01 Å². The predicted molar refractivity (Wildman–Crippen MR) is 74.0 cm³/mol. The van der Waals surface area contributed by atoms with Crippen LogP contribution in [0.25, 0.3) is 10.2 Å². The van der Waals surface area contributed by atoms with Gasteiger partial charge in [-0.05, 0) is 19.1 Å². The van der Waals surface area contributed by atoms with Crippen molar-refractivity contribution < 1.29 is 4.52 Å². The number of benzene rings is 1. The van der Waals surface area contributed by atoms with Crippen molar-refractivity contribution in [1.82, 2.24) is 20.4 Å². The van der Waals surface area contributed by atoms with Crippen molar-refractivity contribution >= 4 is 21.6 Å². The summed E-state index contributed by atoms with van der Waals surface area (Å²) in [5, 5.41) is 8.31. The van der Waals surface area contributed by atoms with Crippen molar-refractivity contribution in [2.45, 2.75) is 19.4 Å². The molecule has 0 amide bonds. The molecule has 0 spiro atoms. The summed E-state index contributed by atoms with van der Waals surface area (Å²) in [5.74, 6) is 0.726. The van der Waals surface area contributed by atoms with E-state index < -0.39 is 0 Å². The molecule has 1 N–H and O–H groups in total. The minimum absolute atomic E-state index is 0.226. The Bertz CT molecular complexity index is 617. The fourth-order valence-corrected chi connectivity index (χ4v) is 2.86. The Kier molecular flexibility index (Phi) is 3.52. The summed E-state index contributed by atoms with van der Waals surface area (Å²) in [7, 11) is 0. The summed E-state index contributed by atoms with van der Waals surface area (Å²) in [4.78, 5) is 8.62. The van der Waals surface area contributed by atoms with Gasteiger partial charge in [-0.15, -0.1) is 11.3 Å². The molecular formula is C13H14N4OS. The van der Waals surface area contributed by atoms with Crippen LogP contribution in [0, 0.1) is 0 Å². The molecule has 1 unspecified atom stereocenters. The van der Waals surface area contributed by atoms with Crippen molar-refractivity contribution in [3.63, 3.8) is 0 Å². The Labute approximate surface area is 114 Å². The number of para-hydroxylation sites is 1. The molecule has 1 atom stereocenters. The van der Waals surface area contributed by atoms with E-state index in [0.717, 1.165) is 29.3 Å². The smallest absolute Gasteiger partial charge is 0.213 e. The molecule has 1 aromatic carbocycles. The minimum Gasteiger partial charge on any atom is -0.343 e. The van der Waals surface area contributed by atoms with E-state index in [9.17, 15) is 0 Å². The van der Waals surface area contributed by atoms with Crippen LogP contribution in [0.5, 0.6) is 0 Å². The first-order valence-electron chi connectivity index (χ1n) is 6.17. The number of nitrogens with zero attached hydrogens (tertiary/aromatic N) is 3. The zero-order chi connectivity index (χ0) is 13.1. The summed E-state index contributed by atoms with van der Waals surface area (Å²) in [6.07, 6.45) is 2.11. The van der Waals surface area contributed by atoms with E-state index in [-0.39, 0.29) is 6.04 Å². The Morgan fingerprint density at radius 1 is 1.37 bits per heavy atom. The van der Waals surface area contributed by atoms with Crippen LogP contribution < -0.4 is 5.32 Å². The van der Waals surface area contributed by atoms with Crippen molar-refractivity contribution in [1.29, 1.82) is 0 Å². The Balaban J connectivity index is 1.61. The molecule has 2 heterocycles. The van der Waals surface area contributed by atoms with E-state index in [0.29, 0.717) is 0 Å². The molecule has 3 rings (SSSR count). The maximum absolute atomic E-state index is 4.70. The van der Waals surface area contributed by atoms with Gasteiger partial charge in [0.15, 0.2) is 5.82 Å². The van der Waals surface area contributed by atoms with Gasteiger partial charge in [-0.2, -0.15) is 4.98 Å². The molecule has 2 aromatic heterocycles.